The fourth-order valence-corrected chi connectivity index (χ4v) is 1.43. The molecule has 0 aliphatic rings. The SMILES string of the molecule is Cc1nn(Cc2ccc(N)cc2)c(=O)[nH]c1=O. The maximum absolute atomic E-state index is 11.5. The van der Waals surface area contributed by atoms with Crippen molar-refractivity contribution < 1.29 is 0 Å². The van der Waals surface area contributed by atoms with Gasteiger partial charge in [0, 0.05) is 5.69 Å². The molecule has 0 aliphatic carbocycles. The number of aromatic nitrogens is 3. The molecule has 88 valence electrons. The lowest BCUT2D eigenvalue weighted by Gasteiger charge is -2.04. The zero-order chi connectivity index (χ0) is 12.4. The van der Waals surface area contributed by atoms with E-state index in [2.05, 4.69) is 10.1 Å². The second-order valence-corrected chi connectivity index (χ2v) is 3.74. The third-order valence-corrected chi connectivity index (χ3v) is 2.37. The average Bonchev–Trinajstić information content (AvgIpc) is 2.29. The lowest BCUT2D eigenvalue weighted by atomic mass is 10.2. The highest BCUT2D eigenvalue weighted by Crippen LogP contribution is 2.05. The van der Waals surface area contributed by atoms with E-state index in [1.165, 1.54) is 4.68 Å². The number of aromatic amines is 1. The summed E-state index contributed by atoms with van der Waals surface area (Å²) in [7, 11) is 0. The van der Waals surface area contributed by atoms with Gasteiger partial charge in [-0.15, -0.1) is 0 Å². The average molecular weight is 232 g/mol. The minimum atomic E-state index is -0.516. The molecule has 1 heterocycles. The molecule has 0 unspecified atom stereocenters. The van der Waals surface area contributed by atoms with Crippen LogP contribution < -0.4 is 17.0 Å². The number of anilines is 1. The molecule has 0 amide bonds. The molecule has 3 N–H and O–H groups in total. The first kappa shape index (κ1) is 11.1. The van der Waals surface area contributed by atoms with Crippen LogP contribution in [0.4, 0.5) is 5.69 Å². The minimum absolute atomic E-state index is 0.264. The summed E-state index contributed by atoms with van der Waals surface area (Å²) in [6.45, 7) is 1.86. The minimum Gasteiger partial charge on any atom is -0.399 e. The van der Waals surface area contributed by atoms with E-state index in [4.69, 9.17) is 5.73 Å². The van der Waals surface area contributed by atoms with Crippen LogP contribution in [0.25, 0.3) is 0 Å². The van der Waals surface area contributed by atoms with Gasteiger partial charge >= 0.3 is 5.69 Å². The molecule has 0 radical (unpaired) electrons. The Morgan fingerprint density at radius 3 is 2.59 bits per heavy atom. The van der Waals surface area contributed by atoms with Crippen LogP contribution in [0.1, 0.15) is 11.3 Å². The molecule has 1 aromatic heterocycles. The molecule has 0 fully saturated rings. The number of nitrogen functional groups attached to an aromatic ring is 1. The molecule has 0 aliphatic heterocycles. The molecule has 6 nitrogen and oxygen atoms in total. The standard InChI is InChI=1S/C11H12N4O2/c1-7-10(16)13-11(17)15(14-7)6-8-2-4-9(12)5-3-8/h2-5H,6,12H2,1H3,(H,13,16,17). The number of nitrogens with two attached hydrogens (primary N) is 1. The third-order valence-electron chi connectivity index (χ3n) is 2.37. The number of nitrogens with one attached hydrogen (secondary N) is 1. The van der Waals surface area contributed by atoms with Crippen LogP contribution in [-0.2, 0) is 6.54 Å². The fraction of sp³-hybridized carbons (Fsp3) is 0.182. The number of hydrogen-bond donors (Lipinski definition) is 2. The van der Waals surface area contributed by atoms with Crippen molar-refractivity contribution >= 4 is 5.69 Å². The first-order chi connectivity index (χ1) is 8.06. The van der Waals surface area contributed by atoms with Crippen molar-refractivity contribution in [3.63, 3.8) is 0 Å². The van der Waals surface area contributed by atoms with Crippen molar-refractivity contribution in [3.8, 4) is 0 Å². The van der Waals surface area contributed by atoms with Gasteiger partial charge in [-0.3, -0.25) is 9.78 Å². The number of nitrogens with zero attached hydrogens (tertiary/aromatic N) is 2. The maximum atomic E-state index is 11.5. The van der Waals surface area contributed by atoms with Gasteiger partial charge in [-0.25, -0.2) is 9.48 Å². The van der Waals surface area contributed by atoms with Crippen LogP contribution in [0.15, 0.2) is 33.9 Å². The monoisotopic (exact) mass is 232 g/mol. The summed E-state index contributed by atoms with van der Waals surface area (Å²) < 4.78 is 1.21. The van der Waals surface area contributed by atoms with Crippen molar-refractivity contribution in [3.05, 3.63) is 56.4 Å². The van der Waals surface area contributed by atoms with Crippen LogP contribution in [0, 0.1) is 6.92 Å². The molecule has 0 bridgehead atoms. The summed E-state index contributed by atoms with van der Waals surface area (Å²) in [6, 6.07) is 7.12. The van der Waals surface area contributed by atoms with Crippen molar-refractivity contribution in [1.29, 1.82) is 0 Å². The van der Waals surface area contributed by atoms with Crippen LogP contribution in [0.2, 0.25) is 0 Å². The molecule has 6 heteroatoms. The molecule has 1 aromatic carbocycles. The maximum Gasteiger partial charge on any atom is 0.345 e. The van der Waals surface area contributed by atoms with Gasteiger partial charge in [0.05, 0.1) is 6.54 Å². The van der Waals surface area contributed by atoms with E-state index in [1.54, 1.807) is 19.1 Å². The van der Waals surface area contributed by atoms with Gasteiger partial charge in [-0.1, -0.05) is 12.1 Å². The van der Waals surface area contributed by atoms with Crippen molar-refractivity contribution in [1.82, 2.24) is 14.8 Å². The number of H-pyrrole nitrogens is 1. The smallest absolute Gasteiger partial charge is 0.345 e. The highest BCUT2D eigenvalue weighted by molar-refractivity contribution is 5.39. The van der Waals surface area contributed by atoms with E-state index in [1.807, 2.05) is 12.1 Å². The van der Waals surface area contributed by atoms with Gasteiger partial charge < -0.3 is 5.73 Å². The summed E-state index contributed by atoms with van der Waals surface area (Å²) in [5.41, 5.74) is 6.40. The Bertz CT molecular complexity index is 640. The quantitative estimate of drug-likeness (QED) is 0.705. The summed E-state index contributed by atoms with van der Waals surface area (Å²) in [5.74, 6) is 0. The molecule has 0 spiro atoms. The van der Waals surface area contributed by atoms with Crippen molar-refractivity contribution in [2.75, 3.05) is 5.73 Å². The van der Waals surface area contributed by atoms with Crippen LogP contribution >= 0.6 is 0 Å². The largest absolute Gasteiger partial charge is 0.399 e. The van der Waals surface area contributed by atoms with Gasteiger partial charge in [-0.05, 0) is 24.6 Å². The van der Waals surface area contributed by atoms with Crippen molar-refractivity contribution in [2.24, 2.45) is 0 Å². The molecule has 0 saturated heterocycles. The Morgan fingerprint density at radius 2 is 1.94 bits per heavy atom. The summed E-state index contributed by atoms with van der Waals surface area (Å²) >= 11 is 0. The van der Waals surface area contributed by atoms with Gasteiger partial charge in [0.1, 0.15) is 5.69 Å². The fourth-order valence-electron chi connectivity index (χ4n) is 1.43. The van der Waals surface area contributed by atoms with Gasteiger partial charge in [0.2, 0.25) is 0 Å². The molecular formula is C11H12N4O2. The van der Waals surface area contributed by atoms with Gasteiger partial charge in [0.25, 0.3) is 5.56 Å². The van der Waals surface area contributed by atoms with Gasteiger partial charge in [-0.2, -0.15) is 5.10 Å². The normalized spacial score (nSPS) is 10.4. The first-order valence-corrected chi connectivity index (χ1v) is 5.09. The summed E-state index contributed by atoms with van der Waals surface area (Å²) in [5, 5.41) is 3.92. The highest BCUT2D eigenvalue weighted by atomic mass is 16.2. The van der Waals surface area contributed by atoms with E-state index < -0.39 is 11.2 Å². The summed E-state index contributed by atoms with van der Waals surface area (Å²) in [4.78, 5) is 24.8. The predicted molar refractivity (Wildman–Crippen MR) is 63.8 cm³/mol. The predicted octanol–water partition coefficient (Wildman–Crippen LogP) is -0.129. The van der Waals surface area contributed by atoms with Crippen LogP contribution in [-0.4, -0.2) is 14.8 Å². The lowest BCUT2D eigenvalue weighted by Crippen LogP contribution is -2.34. The van der Waals surface area contributed by atoms with E-state index in [0.717, 1.165) is 5.56 Å². The van der Waals surface area contributed by atoms with E-state index in [-0.39, 0.29) is 5.69 Å². The molecule has 2 rings (SSSR count). The van der Waals surface area contributed by atoms with E-state index in [9.17, 15) is 9.59 Å². The highest BCUT2D eigenvalue weighted by Gasteiger charge is 2.03. The number of rotatable bonds is 2. The van der Waals surface area contributed by atoms with E-state index in [0.29, 0.717) is 12.2 Å². The Balaban J connectivity index is 2.36. The zero-order valence-corrected chi connectivity index (χ0v) is 9.30. The molecule has 2 aromatic rings. The molecular weight excluding hydrogens is 220 g/mol. The Hall–Kier alpha value is -2.37. The van der Waals surface area contributed by atoms with Crippen molar-refractivity contribution in [2.45, 2.75) is 13.5 Å². The number of aryl methyl sites for hydroxylation is 1. The topological polar surface area (TPSA) is 93.8 Å². The Morgan fingerprint density at radius 1 is 1.29 bits per heavy atom. The van der Waals surface area contributed by atoms with Crippen LogP contribution in [0.5, 0.6) is 0 Å². The Labute approximate surface area is 96.7 Å². The van der Waals surface area contributed by atoms with Gasteiger partial charge in [0.15, 0.2) is 0 Å². The lowest BCUT2D eigenvalue weighted by molar-refractivity contribution is 0.596. The zero-order valence-electron chi connectivity index (χ0n) is 9.30. The molecule has 0 saturated carbocycles. The second-order valence-electron chi connectivity index (χ2n) is 3.74. The third kappa shape index (κ3) is 2.41. The Kier molecular flexibility index (Phi) is 2.78. The molecule has 17 heavy (non-hydrogen) atoms. The summed E-state index contributed by atoms with van der Waals surface area (Å²) in [6.07, 6.45) is 0. The van der Waals surface area contributed by atoms with E-state index >= 15 is 0 Å². The van der Waals surface area contributed by atoms with Crippen LogP contribution in [0.3, 0.4) is 0 Å². The first-order valence-electron chi connectivity index (χ1n) is 5.09. The number of benzene rings is 1. The number of hydrogen-bond acceptors (Lipinski definition) is 4. The molecule has 0 atom stereocenters. The second kappa shape index (κ2) is 4.25.